The summed E-state index contributed by atoms with van der Waals surface area (Å²) in [7, 11) is 0. The van der Waals surface area contributed by atoms with Gasteiger partial charge in [0.25, 0.3) is 0 Å². The molecule has 0 fully saturated rings. The van der Waals surface area contributed by atoms with E-state index >= 15 is 4.79 Å². The molecule has 0 bridgehead atoms. The molecule has 0 aromatic heterocycles. The summed E-state index contributed by atoms with van der Waals surface area (Å²) in [5.41, 5.74) is 8.92. The lowest BCUT2D eigenvalue weighted by Gasteiger charge is -2.65. The average Bonchev–Trinajstić information content (AvgIpc) is 2.99. The van der Waals surface area contributed by atoms with Crippen LogP contribution in [-0.4, -0.2) is 23.8 Å². The van der Waals surface area contributed by atoms with E-state index in [2.05, 4.69) is 139 Å². The predicted molar refractivity (Wildman–Crippen MR) is 219 cm³/mol. The van der Waals surface area contributed by atoms with Gasteiger partial charge in [0.15, 0.2) is 0 Å². The highest BCUT2D eigenvalue weighted by molar-refractivity contribution is 5.84. The molecular formula is C47H74O3. The maximum atomic E-state index is 15.7. The predicted octanol–water partition coefficient (Wildman–Crippen LogP) is 13.6. The third kappa shape index (κ3) is 11.6. The molecule has 1 aliphatic carbocycles. The lowest BCUT2D eigenvalue weighted by Crippen LogP contribution is -2.65. The molecule has 280 valence electrons. The number of aliphatic hydroxyl groups excluding tert-OH is 1. The first kappa shape index (κ1) is 45.1. The average molecular weight is 687 g/mol. The molecule has 1 N–H and O–H groups in total. The fraction of sp³-hybridized carbons (Fsp3) is 0.596. The van der Waals surface area contributed by atoms with Crippen LogP contribution in [0.2, 0.25) is 0 Å². The molecule has 0 amide bonds. The second kappa shape index (κ2) is 20.2. The SMILES string of the molecule is CC(C)=CCOC(=O)C1(CC=C(C)C)C(CC=C(C)C)=C(CC=C(C)C)C(O)C(CC=C(C)C)(CC=C(C)C)C1(CC=C(C)C)CC=C(C)C. The van der Waals surface area contributed by atoms with Gasteiger partial charge in [-0.2, -0.15) is 0 Å². The quantitative estimate of drug-likeness (QED) is 0.122. The van der Waals surface area contributed by atoms with E-state index in [0.29, 0.717) is 44.9 Å². The van der Waals surface area contributed by atoms with Crippen molar-refractivity contribution in [1.82, 2.24) is 0 Å². The second-order valence-corrected chi connectivity index (χ2v) is 16.8. The van der Waals surface area contributed by atoms with Crippen LogP contribution in [0.3, 0.4) is 0 Å². The van der Waals surface area contributed by atoms with E-state index in [1.807, 2.05) is 19.9 Å². The monoisotopic (exact) mass is 687 g/mol. The van der Waals surface area contributed by atoms with Crippen molar-refractivity contribution in [2.75, 3.05) is 6.61 Å². The lowest BCUT2D eigenvalue weighted by molar-refractivity contribution is -0.185. The third-order valence-corrected chi connectivity index (χ3v) is 10.3. The van der Waals surface area contributed by atoms with Crippen molar-refractivity contribution in [1.29, 1.82) is 0 Å². The number of carbonyl (C=O) groups excluding carboxylic acids is 1. The molecule has 1 rings (SSSR count). The Balaban J connectivity index is 5.09. The summed E-state index contributed by atoms with van der Waals surface area (Å²) in [6.45, 7) is 34.2. The van der Waals surface area contributed by atoms with Crippen LogP contribution in [-0.2, 0) is 9.53 Å². The van der Waals surface area contributed by atoms with Crippen molar-refractivity contribution < 1.29 is 14.6 Å². The van der Waals surface area contributed by atoms with Gasteiger partial charge < -0.3 is 9.84 Å². The first-order valence-corrected chi connectivity index (χ1v) is 18.8. The van der Waals surface area contributed by atoms with E-state index in [9.17, 15) is 5.11 Å². The molecular weight excluding hydrogens is 613 g/mol. The standard InChI is InChI=1S/C47H74O3/c1-33(2)17-19-41-42(20-18-34(3)4)47(31-25-39(13)14,44(49)50-32-26-40(15)16)46(29-23-37(9)10,30-24-38(11)12)45(43(41)48,27-21-35(5)6)28-22-36(7)8/h17-18,21-26,43,48H,19-20,27-32H2,1-16H3. The maximum absolute atomic E-state index is 15.7. The summed E-state index contributed by atoms with van der Waals surface area (Å²) < 4.78 is 6.52. The van der Waals surface area contributed by atoms with Gasteiger partial charge in [-0.1, -0.05) is 87.1 Å². The number of aliphatic hydroxyl groups is 1. The number of allylic oxidation sites excluding steroid dienone is 15. The highest BCUT2D eigenvalue weighted by Crippen LogP contribution is 2.71. The Kier molecular flexibility index (Phi) is 18.2. The summed E-state index contributed by atoms with van der Waals surface area (Å²) in [5.74, 6) is -0.186. The molecule has 2 unspecified atom stereocenters. The first-order chi connectivity index (χ1) is 23.2. The summed E-state index contributed by atoms with van der Waals surface area (Å²) in [6.07, 6.45) is 21.4. The summed E-state index contributed by atoms with van der Waals surface area (Å²) in [5, 5.41) is 13.4. The topological polar surface area (TPSA) is 46.5 Å². The molecule has 3 nitrogen and oxygen atoms in total. The minimum absolute atomic E-state index is 0.186. The Bertz CT molecular complexity index is 1390. The van der Waals surface area contributed by atoms with Crippen molar-refractivity contribution in [2.45, 2.75) is 162 Å². The van der Waals surface area contributed by atoms with Crippen molar-refractivity contribution in [3.8, 4) is 0 Å². The van der Waals surface area contributed by atoms with E-state index < -0.39 is 22.3 Å². The Hall–Kier alpha value is -2.91. The fourth-order valence-electron chi connectivity index (χ4n) is 7.46. The van der Waals surface area contributed by atoms with Crippen molar-refractivity contribution in [2.24, 2.45) is 16.2 Å². The van der Waals surface area contributed by atoms with Gasteiger partial charge in [0.2, 0.25) is 0 Å². The van der Waals surface area contributed by atoms with Crippen LogP contribution < -0.4 is 0 Å². The molecule has 0 spiro atoms. The number of ether oxygens (including phenoxy) is 1. The fourth-order valence-corrected chi connectivity index (χ4v) is 7.46. The number of rotatable bonds is 17. The molecule has 0 heterocycles. The van der Waals surface area contributed by atoms with Gasteiger partial charge in [0, 0.05) is 10.8 Å². The zero-order valence-electron chi connectivity index (χ0n) is 35.1. The van der Waals surface area contributed by atoms with Crippen LogP contribution in [0.4, 0.5) is 0 Å². The zero-order chi connectivity index (χ0) is 38.4. The van der Waals surface area contributed by atoms with E-state index in [1.165, 1.54) is 33.4 Å². The van der Waals surface area contributed by atoms with Crippen LogP contribution in [0.1, 0.15) is 156 Å². The van der Waals surface area contributed by atoms with Gasteiger partial charge >= 0.3 is 5.97 Å². The van der Waals surface area contributed by atoms with E-state index in [4.69, 9.17) is 4.74 Å². The summed E-state index contributed by atoms with van der Waals surface area (Å²) >= 11 is 0. The Morgan fingerprint density at radius 1 is 0.520 bits per heavy atom. The van der Waals surface area contributed by atoms with E-state index in [-0.39, 0.29) is 12.6 Å². The van der Waals surface area contributed by atoms with Crippen molar-refractivity contribution in [3.63, 3.8) is 0 Å². The number of esters is 1. The Morgan fingerprint density at radius 3 is 1.28 bits per heavy atom. The molecule has 0 radical (unpaired) electrons. The highest BCUT2D eigenvalue weighted by Gasteiger charge is 2.70. The van der Waals surface area contributed by atoms with Crippen LogP contribution in [0, 0.1) is 16.2 Å². The number of hydrogen-bond donors (Lipinski definition) is 1. The maximum Gasteiger partial charge on any atom is 0.317 e. The Morgan fingerprint density at radius 2 is 0.880 bits per heavy atom. The van der Waals surface area contributed by atoms with Crippen LogP contribution >= 0.6 is 0 Å². The van der Waals surface area contributed by atoms with Crippen molar-refractivity contribution in [3.05, 3.63) is 104 Å². The second-order valence-electron chi connectivity index (χ2n) is 16.8. The van der Waals surface area contributed by atoms with Gasteiger partial charge in [0.1, 0.15) is 6.61 Å². The minimum atomic E-state index is -1.07. The molecule has 0 saturated carbocycles. The Labute approximate surface area is 308 Å². The highest BCUT2D eigenvalue weighted by atomic mass is 16.5. The van der Waals surface area contributed by atoms with Gasteiger partial charge in [-0.25, -0.2) is 0 Å². The molecule has 50 heavy (non-hydrogen) atoms. The van der Waals surface area contributed by atoms with Gasteiger partial charge in [-0.05, 0) is 173 Å². The normalized spacial score (nSPS) is 18.9. The van der Waals surface area contributed by atoms with Crippen LogP contribution in [0.25, 0.3) is 0 Å². The molecule has 0 saturated heterocycles. The van der Waals surface area contributed by atoms with E-state index in [1.54, 1.807) is 0 Å². The van der Waals surface area contributed by atoms with Gasteiger partial charge in [-0.3, -0.25) is 4.79 Å². The largest absolute Gasteiger partial charge is 0.461 e. The van der Waals surface area contributed by atoms with Gasteiger partial charge in [0.05, 0.1) is 11.5 Å². The third-order valence-electron chi connectivity index (χ3n) is 10.3. The zero-order valence-corrected chi connectivity index (χ0v) is 35.1. The lowest BCUT2D eigenvalue weighted by atomic mass is 9.38. The molecule has 1 aliphatic rings. The van der Waals surface area contributed by atoms with Crippen LogP contribution in [0.5, 0.6) is 0 Å². The van der Waals surface area contributed by atoms with Crippen LogP contribution in [0.15, 0.2) is 104 Å². The molecule has 0 aliphatic heterocycles. The van der Waals surface area contributed by atoms with E-state index in [0.717, 1.165) is 22.3 Å². The molecule has 0 aromatic rings. The minimum Gasteiger partial charge on any atom is -0.461 e. The first-order valence-electron chi connectivity index (χ1n) is 18.8. The van der Waals surface area contributed by atoms with Gasteiger partial charge in [-0.15, -0.1) is 0 Å². The smallest absolute Gasteiger partial charge is 0.317 e. The molecule has 3 heteroatoms. The number of hydrogen-bond acceptors (Lipinski definition) is 3. The number of carbonyl (C=O) groups is 1. The summed E-state index contributed by atoms with van der Waals surface area (Å²) in [6, 6.07) is 0. The van der Waals surface area contributed by atoms with Crippen molar-refractivity contribution >= 4 is 5.97 Å². The molecule has 2 atom stereocenters. The molecule has 0 aromatic carbocycles. The summed E-state index contributed by atoms with van der Waals surface area (Å²) in [4.78, 5) is 15.7.